The second kappa shape index (κ2) is 6.52. The average molecular weight is 355 g/mol. The molecule has 0 aromatic heterocycles. The number of hydrogen-bond acceptors (Lipinski definition) is 4. The molecular formula is C18H28BClO4. The van der Waals surface area contributed by atoms with Crippen LogP contribution in [-0.2, 0) is 15.7 Å². The number of aliphatic hydroxyl groups excluding tert-OH is 1. The normalized spacial score (nSPS) is 19.6. The molecule has 0 bridgehead atoms. The topological polar surface area (TPSA) is 47.9 Å². The van der Waals surface area contributed by atoms with Gasteiger partial charge in [0.15, 0.2) is 0 Å². The van der Waals surface area contributed by atoms with Crippen LogP contribution < -0.4 is 10.2 Å². The number of halogens is 1. The molecule has 0 amide bonds. The van der Waals surface area contributed by atoms with E-state index in [0.717, 1.165) is 17.4 Å². The van der Waals surface area contributed by atoms with E-state index < -0.39 is 23.9 Å². The monoisotopic (exact) mass is 354 g/mol. The van der Waals surface area contributed by atoms with Gasteiger partial charge in [-0.2, -0.15) is 0 Å². The molecule has 0 saturated carbocycles. The third-order valence-corrected chi connectivity index (χ3v) is 5.18. The number of rotatable bonds is 5. The number of hydrogen-bond donors (Lipinski definition) is 1. The van der Waals surface area contributed by atoms with E-state index in [4.69, 9.17) is 25.6 Å². The number of benzene rings is 1. The van der Waals surface area contributed by atoms with Gasteiger partial charge in [0.1, 0.15) is 11.4 Å². The molecule has 0 radical (unpaired) electrons. The molecule has 1 fully saturated rings. The van der Waals surface area contributed by atoms with Crippen molar-refractivity contribution < 1.29 is 19.2 Å². The van der Waals surface area contributed by atoms with Gasteiger partial charge in [0.05, 0.1) is 17.8 Å². The van der Waals surface area contributed by atoms with Crippen LogP contribution in [0.25, 0.3) is 0 Å². The summed E-state index contributed by atoms with van der Waals surface area (Å²) in [6.45, 7) is 13.7. The first kappa shape index (κ1) is 19.6. The van der Waals surface area contributed by atoms with Crippen LogP contribution in [0, 0.1) is 0 Å². The van der Waals surface area contributed by atoms with Crippen molar-refractivity contribution in [1.82, 2.24) is 0 Å². The Hall–Kier alpha value is -0.745. The third-order valence-electron chi connectivity index (χ3n) is 4.84. The molecular weight excluding hydrogens is 326 g/mol. The zero-order chi connectivity index (χ0) is 18.3. The molecule has 1 aliphatic rings. The molecule has 0 unspecified atom stereocenters. The van der Waals surface area contributed by atoms with Crippen LogP contribution in [-0.4, -0.2) is 35.6 Å². The summed E-state index contributed by atoms with van der Waals surface area (Å²) in [6, 6.07) is 3.69. The molecule has 1 N–H and O–H groups in total. The minimum Gasteiger partial charge on any atom is -0.485 e. The van der Waals surface area contributed by atoms with Crippen molar-refractivity contribution in [1.29, 1.82) is 0 Å². The van der Waals surface area contributed by atoms with Gasteiger partial charge in [-0.3, -0.25) is 0 Å². The highest BCUT2D eigenvalue weighted by molar-refractivity contribution is 6.63. The molecule has 0 spiro atoms. The third kappa shape index (κ3) is 3.74. The zero-order valence-electron chi connectivity index (χ0n) is 15.7. The molecule has 0 aliphatic carbocycles. The lowest BCUT2D eigenvalue weighted by Crippen LogP contribution is -2.41. The van der Waals surface area contributed by atoms with E-state index in [2.05, 4.69) is 0 Å². The Morgan fingerprint density at radius 2 is 1.71 bits per heavy atom. The van der Waals surface area contributed by atoms with Gasteiger partial charge in [-0.25, -0.2) is 0 Å². The lowest BCUT2D eigenvalue weighted by molar-refractivity contribution is 0.00578. The quantitative estimate of drug-likeness (QED) is 0.824. The Kier molecular flexibility index (Phi) is 5.32. The minimum atomic E-state index is -0.690. The second-order valence-electron chi connectivity index (χ2n) is 7.93. The Balaban J connectivity index is 2.44. The molecule has 0 atom stereocenters. The fourth-order valence-electron chi connectivity index (χ4n) is 2.60. The lowest BCUT2D eigenvalue weighted by Gasteiger charge is -2.32. The Labute approximate surface area is 150 Å². The summed E-state index contributed by atoms with van der Waals surface area (Å²) in [5.74, 6) is 0.598. The van der Waals surface area contributed by atoms with Crippen LogP contribution in [0.3, 0.4) is 0 Å². The van der Waals surface area contributed by atoms with Crippen molar-refractivity contribution in [3.8, 4) is 5.75 Å². The molecule has 24 heavy (non-hydrogen) atoms. The maximum Gasteiger partial charge on any atom is 0.495 e. The first-order valence-electron chi connectivity index (χ1n) is 8.40. The SMILES string of the molecule is CCc1c(Cl)cc(OC(C)(C)CO)cc1B1OC(C)(C)C(C)(C)O1. The van der Waals surface area contributed by atoms with E-state index in [-0.39, 0.29) is 6.61 Å². The van der Waals surface area contributed by atoms with Crippen molar-refractivity contribution in [2.45, 2.75) is 71.7 Å². The fourth-order valence-corrected chi connectivity index (χ4v) is 2.95. The highest BCUT2D eigenvalue weighted by atomic mass is 35.5. The molecule has 2 rings (SSSR count). The molecule has 134 valence electrons. The van der Waals surface area contributed by atoms with E-state index in [1.165, 1.54) is 0 Å². The smallest absolute Gasteiger partial charge is 0.485 e. The van der Waals surface area contributed by atoms with Crippen molar-refractivity contribution in [2.75, 3.05) is 6.61 Å². The van der Waals surface area contributed by atoms with Gasteiger partial charge in [-0.05, 0) is 71.1 Å². The van der Waals surface area contributed by atoms with Crippen LogP contribution in [0.5, 0.6) is 5.75 Å². The molecule has 4 nitrogen and oxygen atoms in total. The van der Waals surface area contributed by atoms with E-state index in [0.29, 0.717) is 10.8 Å². The van der Waals surface area contributed by atoms with Gasteiger partial charge in [-0.15, -0.1) is 0 Å². The predicted molar refractivity (Wildman–Crippen MR) is 98.3 cm³/mol. The van der Waals surface area contributed by atoms with Crippen LogP contribution in [0.4, 0.5) is 0 Å². The molecule has 6 heteroatoms. The van der Waals surface area contributed by atoms with Crippen LogP contribution in [0.15, 0.2) is 12.1 Å². The maximum absolute atomic E-state index is 9.44. The van der Waals surface area contributed by atoms with Crippen molar-refractivity contribution in [3.63, 3.8) is 0 Å². The van der Waals surface area contributed by atoms with Crippen LogP contribution >= 0.6 is 11.6 Å². The summed E-state index contributed by atoms with van der Waals surface area (Å²) < 4.78 is 18.2. The fraction of sp³-hybridized carbons (Fsp3) is 0.667. The standard InChI is InChI=1S/C18H28BClO4/c1-8-13-14(19-23-17(4,5)18(6,7)24-19)9-12(10-15(13)20)22-16(2,3)11-21/h9-10,21H,8,11H2,1-7H3. The first-order chi connectivity index (χ1) is 10.9. The summed E-state index contributed by atoms with van der Waals surface area (Å²) in [7, 11) is -0.497. The second-order valence-corrected chi connectivity index (χ2v) is 8.34. The zero-order valence-corrected chi connectivity index (χ0v) is 16.5. The maximum atomic E-state index is 9.44. The predicted octanol–water partition coefficient (Wildman–Crippen LogP) is 3.35. The Morgan fingerprint density at radius 3 is 2.17 bits per heavy atom. The van der Waals surface area contributed by atoms with E-state index in [9.17, 15) is 5.11 Å². The van der Waals surface area contributed by atoms with Crippen molar-refractivity contribution >= 4 is 24.2 Å². The van der Waals surface area contributed by atoms with Gasteiger partial charge < -0.3 is 19.2 Å². The molecule has 1 aromatic rings. The van der Waals surface area contributed by atoms with Gasteiger partial charge in [0, 0.05) is 5.02 Å². The first-order valence-corrected chi connectivity index (χ1v) is 8.78. The minimum absolute atomic E-state index is 0.0913. The Bertz CT molecular complexity index is 597. The van der Waals surface area contributed by atoms with Gasteiger partial charge in [0.2, 0.25) is 0 Å². The summed E-state index contributed by atoms with van der Waals surface area (Å²) in [4.78, 5) is 0. The highest BCUT2D eigenvalue weighted by Gasteiger charge is 2.52. The van der Waals surface area contributed by atoms with Crippen LogP contribution in [0.2, 0.25) is 5.02 Å². The van der Waals surface area contributed by atoms with Gasteiger partial charge in [-0.1, -0.05) is 18.5 Å². The van der Waals surface area contributed by atoms with E-state index >= 15 is 0 Å². The highest BCUT2D eigenvalue weighted by Crippen LogP contribution is 2.37. The molecule has 1 heterocycles. The van der Waals surface area contributed by atoms with Crippen molar-refractivity contribution in [3.05, 3.63) is 22.7 Å². The van der Waals surface area contributed by atoms with E-state index in [1.54, 1.807) is 6.07 Å². The van der Waals surface area contributed by atoms with Gasteiger partial charge in [0.25, 0.3) is 0 Å². The Morgan fingerprint density at radius 1 is 1.17 bits per heavy atom. The molecule has 1 saturated heterocycles. The van der Waals surface area contributed by atoms with Crippen molar-refractivity contribution in [2.24, 2.45) is 0 Å². The summed E-state index contributed by atoms with van der Waals surface area (Å²) in [6.07, 6.45) is 0.766. The average Bonchev–Trinajstić information content (AvgIpc) is 2.66. The van der Waals surface area contributed by atoms with Gasteiger partial charge >= 0.3 is 7.12 Å². The largest absolute Gasteiger partial charge is 0.495 e. The summed E-state index contributed by atoms with van der Waals surface area (Å²) in [5.41, 5.74) is 0.341. The summed E-state index contributed by atoms with van der Waals surface area (Å²) >= 11 is 6.47. The lowest BCUT2D eigenvalue weighted by atomic mass is 9.75. The van der Waals surface area contributed by atoms with Crippen LogP contribution in [0.1, 0.15) is 54.0 Å². The number of aliphatic hydroxyl groups is 1. The summed E-state index contributed by atoms with van der Waals surface area (Å²) in [5, 5.41) is 10.1. The molecule has 1 aromatic carbocycles. The molecule has 1 aliphatic heterocycles. The number of ether oxygens (including phenoxy) is 1. The van der Waals surface area contributed by atoms with E-state index in [1.807, 2.05) is 54.5 Å².